The fourth-order valence-corrected chi connectivity index (χ4v) is 2.84. The van der Waals surface area contributed by atoms with E-state index in [1.54, 1.807) is 12.1 Å². The first-order valence-electron chi connectivity index (χ1n) is 8.78. The second kappa shape index (κ2) is 8.94. The second-order valence-corrected chi connectivity index (χ2v) is 6.70. The predicted molar refractivity (Wildman–Crippen MR) is 95.7 cm³/mol. The van der Waals surface area contributed by atoms with Gasteiger partial charge in [0.1, 0.15) is 0 Å². The van der Waals surface area contributed by atoms with E-state index in [-0.39, 0.29) is 23.9 Å². The average molecular weight is 421 g/mol. The molecular formula is C20H21F6NO2. The number of aromatic hydroxyl groups is 1. The predicted octanol–water partition coefficient (Wildman–Crippen LogP) is 5.55. The van der Waals surface area contributed by atoms with Gasteiger partial charge in [0.05, 0.1) is 18.2 Å². The van der Waals surface area contributed by atoms with E-state index in [2.05, 4.69) is 5.32 Å². The number of aryl methyl sites for hydroxylation is 1. The van der Waals surface area contributed by atoms with E-state index in [0.29, 0.717) is 30.7 Å². The normalized spacial score (nSPS) is 13.4. The molecule has 0 bridgehead atoms. The van der Waals surface area contributed by atoms with Gasteiger partial charge in [0.2, 0.25) is 0 Å². The smallest absolute Gasteiger partial charge is 0.417 e. The molecule has 0 amide bonds. The Morgan fingerprint density at radius 3 is 2.14 bits per heavy atom. The minimum absolute atomic E-state index is 0.00127. The highest BCUT2D eigenvalue weighted by Crippen LogP contribution is 2.40. The summed E-state index contributed by atoms with van der Waals surface area (Å²) in [5.41, 5.74) is -2.36. The summed E-state index contributed by atoms with van der Waals surface area (Å²) in [7, 11) is 1.43. The number of hydrogen-bond donors (Lipinski definition) is 2. The fraction of sp³-hybridized carbons (Fsp3) is 0.400. The summed E-state index contributed by atoms with van der Waals surface area (Å²) in [4.78, 5) is 0. The number of rotatable bonds is 7. The van der Waals surface area contributed by atoms with Gasteiger partial charge >= 0.3 is 12.4 Å². The molecule has 0 aromatic heterocycles. The molecule has 0 aliphatic heterocycles. The van der Waals surface area contributed by atoms with Crippen LogP contribution in [0.2, 0.25) is 0 Å². The zero-order valence-electron chi connectivity index (χ0n) is 15.8. The van der Waals surface area contributed by atoms with Crippen molar-refractivity contribution in [3.63, 3.8) is 0 Å². The molecule has 0 radical (unpaired) electrons. The maximum atomic E-state index is 13.0. The number of hydrogen-bond acceptors (Lipinski definition) is 3. The highest BCUT2D eigenvalue weighted by atomic mass is 19.4. The van der Waals surface area contributed by atoms with Crippen molar-refractivity contribution in [2.45, 2.75) is 44.7 Å². The van der Waals surface area contributed by atoms with Gasteiger partial charge in [-0.25, -0.2) is 0 Å². The molecule has 2 N–H and O–H groups in total. The molecule has 29 heavy (non-hydrogen) atoms. The van der Waals surface area contributed by atoms with Gasteiger partial charge in [-0.2, -0.15) is 26.3 Å². The molecule has 2 aromatic carbocycles. The lowest BCUT2D eigenvalue weighted by Crippen LogP contribution is -2.26. The van der Waals surface area contributed by atoms with Gasteiger partial charge in [0.15, 0.2) is 11.5 Å². The zero-order chi connectivity index (χ0) is 21.8. The lowest BCUT2D eigenvalue weighted by atomic mass is 10.0. The van der Waals surface area contributed by atoms with Gasteiger partial charge < -0.3 is 15.2 Å². The third kappa shape index (κ3) is 6.28. The summed E-state index contributed by atoms with van der Waals surface area (Å²) in [6.07, 6.45) is -8.92. The van der Waals surface area contributed by atoms with E-state index in [1.807, 2.05) is 6.92 Å². The Bertz CT molecular complexity index is 833. The Labute approximate surface area is 164 Å². The standard InChI is InChI=1S/C20H21F6NO2/c1-12(3-4-13-6-8-17(28)18(10-13)29-2)27-11-14-5-7-15(19(21,22)23)16(9-14)20(24,25)26/h5-10,12,27-28H,3-4,11H2,1-2H3/t12-/m1/s1. The number of phenols is 1. The van der Waals surface area contributed by atoms with Gasteiger partial charge in [-0.3, -0.25) is 0 Å². The Hall–Kier alpha value is -2.42. The molecule has 2 aromatic rings. The molecule has 0 saturated carbocycles. The van der Waals surface area contributed by atoms with E-state index in [4.69, 9.17) is 4.74 Å². The van der Waals surface area contributed by atoms with E-state index >= 15 is 0 Å². The summed E-state index contributed by atoms with van der Waals surface area (Å²) < 4.78 is 82.5. The Kier molecular flexibility index (Phi) is 7.05. The minimum Gasteiger partial charge on any atom is -0.504 e. The fourth-order valence-electron chi connectivity index (χ4n) is 2.84. The first kappa shape index (κ1) is 22.9. The van der Waals surface area contributed by atoms with Crippen molar-refractivity contribution in [2.75, 3.05) is 7.11 Å². The molecule has 0 unspecified atom stereocenters. The number of benzene rings is 2. The van der Waals surface area contributed by atoms with Crippen LogP contribution in [-0.4, -0.2) is 18.3 Å². The third-order valence-corrected chi connectivity index (χ3v) is 4.46. The van der Waals surface area contributed by atoms with E-state index in [0.717, 1.165) is 11.6 Å². The Morgan fingerprint density at radius 2 is 1.55 bits per heavy atom. The first-order valence-corrected chi connectivity index (χ1v) is 8.78. The van der Waals surface area contributed by atoms with Crippen LogP contribution in [-0.2, 0) is 25.3 Å². The Balaban J connectivity index is 2.00. The third-order valence-electron chi connectivity index (χ3n) is 4.46. The molecule has 160 valence electrons. The SMILES string of the molecule is COc1cc(CC[C@@H](C)NCc2ccc(C(F)(F)F)c(C(F)(F)F)c2)ccc1O. The van der Waals surface area contributed by atoms with Crippen LogP contribution in [0.25, 0.3) is 0 Å². The molecule has 0 saturated heterocycles. The van der Waals surface area contributed by atoms with Gasteiger partial charge in [-0.1, -0.05) is 12.1 Å². The van der Waals surface area contributed by atoms with Crippen LogP contribution in [0.4, 0.5) is 26.3 Å². The molecule has 0 heterocycles. The van der Waals surface area contributed by atoms with Crippen molar-refractivity contribution in [3.8, 4) is 11.5 Å². The van der Waals surface area contributed by atoms with Crippen molar-refractivity contribution in [3.05, 3.63) is 58.7 Å². The van der Waals surface area contributed by atoms with Crippen molar-refractivity contribution in [1.82, 2.24) is 5.32 Å². The van der Waals surface area contributed by atoms with Gasteiger partial charge in [0, 0.05) is 12.6 Å². The van der Waals surface area contributed by atoms with Crippen LogP contribution in [0.1, 0.15) is 35.6 Å². The van der Waals surface area contributed by atoms with Gasteiger partial charge in [0.25, 0.3) is 0 Å². The molecule has 1 atom stereocenters. The van der Waals surface area contributed by atoms with Crippen LogP contribution in [0, 0.1) is 0 Å². The van der Waals surface area contributed by atoms with E-state index in [9.17, 15) is 31.4 Å². The summed E-state index contributed by atoms with van der Waals surface area (Å²) >= 11 is 0. The van der Waals surface area contributed by atoms with Crippen molar-refractivity contribution >= 4 is 0 Å². The van der Waals surface area contributed by atoms with Crippen LogP contribution >= 0.6 is 0 Å². The maximum absolute atomic E-state index is 13.0. The topological polar surface area (TPSA) is 41.5 Å². The molecule has 0 aliphatic carbocycles. The number of halogens is 6. The molecule has 0 spiro atoms. The van der Waals surface area contributed by atoms with Crippen molar-refractivity contribution in [1.29, 1.82) is 0 Å². The summed E-state index contributed by atoms with van der Waals surface area (Å²) in [6, 6.07) is 6.87. The van der Waals surface area contributed by atoms with Gasteiger partial charge in [-0.15, -0.1) is 0 Å². The highest BCUT2D eigenvalue weighted by Gasteiger charge is 2.42. The number of methoxy groups -OCH3 is 1. The number of nitrogens with one attached hydrogen (secondary N) is 1. The quantitative estimate of drug-likeness (QED) is 0.576. The summed E-state index contributed by atoms with van der Waals surface area (Å²) in [6.45, 7) is 1.83. The number of alkyl halides is 6. The van der Waals surface area contributed by atoms with E-state index in [1.165, 1.54) is 13.2 Å². The summed E-state index contributed by atoms with van der Waals surface area (Å²) in [5.74, 6) is 0.359. The second-order valence-electron chi connectivity index (χ2n) is 6.70. The molecule has 0 fully saturated rings. The zero-order valence-corrected chi connectivity index (χ0v) is 15.8. The van der Waals surface area contributed by atoms with Gasteiger partial charge in [-0.05, 0) is 55.2 Å². The van der Waals surface area contributed by atoms with Crippen molar-refractivity contribution in [2.24, 2.45) is 0 Å². The Morgan fingerprint density at radius 1 is 0.931 bits per heavy atom. The van der Waals surface area contributed by atoms with E-state index < -0.39 is 23.5 Å². The monoisotopic (exact) mass is 421 g/mol. The highest BCUT2D eigenvalue weighted by molar-refractivity contribution is 5.41. The minimum atomic E-state index is -5.09. The number of phenolic OH excluding ortho intramolecular Hbond substituents is 1. The largest absolute Gasteiger partial charge is 0.504 e. The molecule has 9 heteroatoms. The maximum Gasteiger partial charge on any atom is 0.417 e. The van der Waals surface area contributed by atoms with Crippen LogP contribution in [0.15, 0.2) is 36.4 Å². The average Bonchev–Trinajstić information content (AvgIpc) is 2.64. The summed E-state index contributed by atoms with van der Waals surface area (Å²) in [5, 5.41) is 12.6. The molecular weight excluding hydrogens is 400 g/mol. The van der Waals surface area contributed by atoms with Crippen LogP contribution < -0.4 is 10.1 Å². The molecule has 0 aliphatic rings. The van der Waals surface area contributed by atoms with Crippen molar-refractivity contribution < 1.29 is 36.2 Å². The lowest BCUT2D eigenvalue weighted by molar-refractivity contribution is -0.162. The molecule has 3 nitrogen and oxygen atoms in total. The number of ether oxygens (including phenoxy) is 1. The first-order chi connectivity index (χ1) is 13.4. The van der Waals surface area contributed by atoms with Crippen LogP contribution in [0.5, 0.6) is 11.5 Å². The lowest BCUT2D eigenvalue weighted by Gasteiger charge is -2.18. The van der Waals surface area contributed by atoms with Crippen LogP contribution in [0.3, 0.4) is 0 Å². The molecule has 2 rings (SSSR count).